The molecule has 0 spiro atoms. The predicted octanol–water partition coefficient (Wildman–Crippen LogP) is 3.79. The molecule has 0 saturated carbocycles. The first-order chi connectivity index (χ1) is 10.3. The summed E-state index contributed by atoms with van der Waals surface area (Å²) in [5.41, 5.74) is 2.10. The Hall–Kier alpha value is -2.10. The fourth-order valence-electron chi connectivity index (χ4n) is 2.64. The van der Waals surface area contributed by atoms with Crippen LogP contribution < -0.4 is 0 Å². The molecule has 2 aromatic rings. The Kier molecular flexibility index (Phi) is 3.78. The summed E-state index contributed by atoms with van der Waals surface area (Å²) in [4.78, 5) is 0. The molecule has 3 rings (SSSR count). The maximum Gasteiger partial charge on any atom is 0.337 e. The molecule has 1 unspecified atom stereocenters. The summed E-state index contributed by atoms with van der Waals surface area (Å²) in [7, 11) is 3.20. The van der Waals surface area contributed by atoms with Gasteiger partial charge in [-0.15, -0.1) is 0 Å². The van der Waals surface area contributed by atoms with E-state index in [1.165, 1.54) is 0 Å². The molecule has 0 N–H and O–H groups in total. The fraction of sp³-hybridized carbons (Fsp3) is 0.222. The first-order valence-electron chi connectivity index (χ1n) is 6.90. The topological polar surface area (TPSA) is 27.7 Å². The lowest BCUT2D eigenvalue weighted by Crippen LogP contribution is -2.38. The van der Waals surface area contributed by atoms with Crippen LogP contribution in [0, 0.1) is 0 Å². The number of ether oxygens (including phenoxy) is 3. The second-order valence-electron chi connectivity index (χ2n) is 4.90. The Labute approximate surface area is 124 Å². The van der Waals surface area contributed by atoms with Crippen molar-refractivity contribution in [3.05, 3.63) is 77.9 Å². The highest BCUT2D eigenvalue weighted by molar-refractivity contribution is 5.63. The lowest BCUT2D eigenvalue weighted by molar-refractivity contribution is -0.333. The van der Waals surface area contributed by atoms with E-state index in [1.54, 1.807) is 14.2 Å². The van der Waals surface area contributed by atoms with Crippen molar-refractivity contribution in [3.63, 3.8) is 0 Å². The standard InChI is InChI=1S/C18H18O3/c1-19-18(20-2)16(14-9-5-3-6-10-14)13-17(21-18)15-11-7-4-8-12-15/h3-13,16H,1-2H3. The lowest BCUT2D eigenvalue weighted by Gasteiger charge is -2.31. The SMILES string of the molecule is COC1(OC)OC(c2ccccc2)=CC1c1ccccc1. The zero-order chi connectivity index (χ0) is 14.7. The van der Waals surface area contributed by atoms with E-state index < -0.39 is 5.97 Å². The van der Waals surface area contributed by atoms with E-state index in [1.807, 2.05) is 60.7 Å². The average molecular weight is 282 g/mol. The van der Waals surface area contributed by atoms with Crippen LogP contribution in [0.15, 0.2) is 66.7 Å². The van der Waals surface area contributed by atoms with Crippen molar-refractivity contribution in [1.29, 1.82) is 0 Å². The monoisotopic (exact) mass is 282 g/mol. The third-order valence-corrected chi connectivity index (χ3v) is 3.74. The van der Waals surface area contributed by atoms with Crippen LogP contribution in [0.4, 0.5) is 0 Å². The molecule has 0 amide bonds. The van der Waals surface area contributed by atoms with Gasteiger partial charge in [-0.2, -0.15) is 0 Å². The second kappa shape index (κ2) is 5.72. The van der Waals surface area contributed by atoms with Gasteiger partial charge >= 0.3 is 5.97 Å². The fourth-order valence-corrected chi connectivity index (χ4v) is 2.64. The predicted molar refractivity (Wildman–Crippen MR) is 81.4 cm³/mol. The molecule has 0 saturated heterocycles. The van der Waals surface area contributed by atoms with Gasteiger partial charge in [-0.25, -0.2) is 0 Å². The summed E-state index contributed by atoms with van der Waals surface area (Å²) < 4.78 is 17.2. The van der Waals surface area contributed by atoms with Crippen molar-refractivity contribution in [2.24, 2.45) is 0 Å². The maximum atomic E-state index is 6.02. The van der Waals surface area contributed by atoms with Gasteiger partial charge in [-0.1, -0.05) is 60.7 Å². The van der Waals surface area contributed by atoms with Gasteiger partial charge in [0.25, 0.3) is 0 Å². The van der Waals surface area contributed by atoms with Gasteiger partial charge in [-0.3, -0.25) is 0 Å². The van der Waals surface area contributed by atoms with Crippen LogP contribution in [0.2, 0.25) is 0 Å². The summed E-state index contributed by atoms with van der Waals surface area (Å²) in [6, 6.07) is 20.0. The van der Waals surface area contributed by atoms with Gasteiger partial charge in [0, 0.05) is 19.8 Å². The van der Waals surface area contributed by atoms with Crippen molar-refractivity contribution >= 4 is 5.76 Å². The number of methoxy groups -OCH3 is 2. The van der Waals surface area contributed by atoms with Crippen LogP contribution in [0.3, 0.4) is 0 Å². The van der Waals surface area contributed by atoms with Crippen LogP contribution in [0.25, 0.3) is 5.76 Å². The van der Waals surface area contributed by atoms with Gasteiger partial charge in [-0.05, 0) is 11.6 Å². The first kappa shape index (κ1) is 13.9. The normalized spacial score (nSPS) is 19.9. The minimum Gasteiger partial charge on any atom is -0.438 e. The summed E-state index contributed by atoms with van der Waals surface area (Å²) in [6.45, 7) is 0. The quantitative estimate of drug-likeness (QED) is 0.799. The Morgan fingerprint density at radius 1 is 0.857 bits per heavy atom. The van der Waals surface area contributed by atoms with E-state index >= 15 is 0 Å². The van der Waals surface area contributed by atoms with Gasteiger partial charge in [0.15, 0.2) is 0 Å². The van der Waals surface area contributed by atoms with E-state index in [2.05, 4.69) is 6.08 Å². The maximum absolute atomic E-state index is 6.02. The molecule has 1 aliphatic heterocycles. The molecule has 0 aliphatic carbocycles. The summed E-state index contributed by atoms with van der Waals surface area (Å²) in [5.74, 6) is -0.468. The molecule has 3 heteroatoms. The Morgan fingerprint density at radius 3 is 2.00 bits per heavy atom. The largest absolute Gasteiger partial charge is 0.438 e. The molecular weight excluding hydrogens is 264 g/mol. The molecule has 0 aromatic heterocycles. The molecule has 1 aliphatic rings. The molecule has 2 aromatic carbocycles. The number of hydrogen-bond donors (Lipinski definition) is 0. The van der Waals surface area contributed by atoms with Crippen molar-refractivity contribution in [2.75, 3.05) is 14.2 Å². The summed E-state index contributed by atoms with van der Waals surface area (Å²) in [5, 5.41) is 0. The molecule has 0 radical (unpaired) electrons. The zero-order valence-electron chi connectivity index (χ0n) is 12.2. The lowest BCUT2D eigenvalue weighted by atomic mass is 9.96. The second-order valence-corrected chi connectivity index (χ2v) is 4.90. The van der Waals surface area contributed by atoms with E-state index in [-0.39, 0.29) is 5.92 Å². The number of benzene rings is 2. The third-order valence-electron chi connectivity index (χ3n) is 3.74. The van der Waals surface area contributed by atoms with Crippen molar-refractivity contribution in [1.82, 2.24) is 0 Å². The van der Waals surface area contributed by atoms with E-state index in [0.717, 1.165) is 16.9 Å². The highest BCUT2D eigenvalue weighted by Crippen LogP contribution is 2.44. The van der Waals surface area contributed by atoms with E-state index in [4.69, 9.17) is 14.2 Å². The Bertz CT molecular complexity index is 615. The van der Waals surface area contributed by atoms with Crippen LogP contribution in [0.5, 0.6) is 0 Å². The van der Waals surface area contributed by atoms with Crippen molar-refractivity contribution < 1.29 is 14.2 Å². The van der Waals surface area contributed by atoms with Crippen LogP contribution >= 0.6 is 0 Å². The molecule has 0 fully saturated rings. The van der Waals surface area contributed by atoms with Crippen LogP contribution in [-0.2, 0) is 14.2 Å². The van der Waals surface area contributed by atoms with Crippen LogP contribution in [0.1, 0.15) is 17.0 Å². The molecule has 1 atom stereocenters. The van der Waals surface area contributed by atoms with Gasteiger partial charge < -0.3 is 14.2 Å². The highest BCUT2D eigenvalue weighted by Gasteiger charge is 2.47. The highest BCUT2D eigenvalue weighted by atomic mass is 16.9. The molecular formula is C18H18O3. The van der Waals surface area contributed by atoms with Gasteiger partial charge in [0.05, 0.1) is 0 Å². The van der Waals surface area contributed by atoms with E-state index in [0.29, 0.717) is 0 Å². The first-order valence-corrected chi connectivity index (χ1v) is 6.90. The summed E-state index contributed by atoms with van der Waals surface area (Å²) in [6.07, 6.45) is 2.05. The van der Waals surface area contributed by atoms with Crippen molar-refractivity contribution in [3.8, 4) is 0 Å². The summed E-state index contributed by atoms with van der Waals surface area (Å²) >= 11 is 0. The Morgan fingerprint density at radius 2 is 1.43 bits per heavy atom. The zero-order valence-corrected chi connectivity index (χ0v) is 12.2. The minimum atomic E-state index is -1.12. The van der Waals surface area contributed by atoms with Gasteiger partial charge in [0.1, 0.15) is 11.7 Å². The minimum absolute atomic E-state index is 0.121. The molecule has 3 nitrogen and oxygen atoms in total. The number of hydrogen-bond acceptors (Lipinski definition) is 3. The van der Waals surface area contributed by atoms with Crippen LogP contribution in [-0.4, -0.2) is 20.2 Å². The molecule has 21 heavy (non-hydrogen) atoms. The molecule has 0 bridgehead atoms. The smallest absolute Gasteiger partial charge is 0.337 e. The Balaban J connectivity index is 2.03. The third kappa shape index (κ3) is 2.46. The van der Waals surface area contributed by atoms with Gasteiger partial charge in [0.2, 0.25) is 0 Å². The number of rotatable bonds is 4. The van der Waals surface area contributed by atoms with Crippen molar-refractivity contribution in [2.45, 2.75) is 11.9 Å². The average Bonchev–Trinajstić information content (AvgIpc) is 2.97. The molecule has 1 heterocycles. The van der Waals surface area contributed by atoms with E-state index in [9.17, 15) is 0 Å². The molecule has 108 valence electrons.